The average Bonchev–Trinajstić information content (AvgIpc) is 3.09. The smallest absolute Gasteiger partial charge is 0.262 e. The van der Waals surface area contributed by atoms with Crippen molar-refractivity contribution in [3.8, 4) is 5.75 Å². The first-order valence-corrected chi connectivity index (χ1v) is 10.9. The van der Waals surface area contributed by atoms with E-state index in [1.54, 1.807) is 60.8 Å². The number of amides is 3. The van der Waals surface area contributed by atoms with Gasteiger partial charge in [0.25, 0.3) is 17.4 Å². The van der Waals surface area contributed by atoms with Gasteiger partial charge in [-0.2, -0.15) is 0 Å². The number of nitrogens with one attached hydrogen (secondary N) is 1. The molecule has 3 amide bonds. The van der Waals surface area contributed by atoms with Crippen molar-refractivity contribution < 1.29 is 19.1 Å². The Labute approximate surface area is 199 Å². The average molecular weight is 468 g/mol. The molecule has 1 aliphatic heterocycles. The van der Waals surface area contributed by atoms with E-state index in [0.717, 1.165) is 10.5 Å². The van der Waals surface area contributed by atoms with Gasteiger partial charge in [0.1, 0.15) is 24.5 Å². The Morgan fingerprint density at radius 3 is 2.31 bits per heavy atom. The lowest BCUT2D eigenvalue weighted by Gasteiger charge is -2.14. The molecule has 1 aliphatic rings. The van der Waals surface area contributed by atoms with Gasteiger partial charge in [0.05, 0.1) is 16.8 Å². The summed E-state index contributed by atoms with van der Waals surface area (Å²) < 4.78 is 7.21. The SMILES string of the molecule is Cc1ccc2nc(COc3ccc(NC(=O)CN4C(=O)c5ccccc5C4=O)cc3)cc(=O)n2c1. The number of ether oxygens (including phenoxy) is 1. The molecule has 3 heterocycles. The number of rotatable bonds is 6. The number of hydrogen-bond donors (Lipinski definition) is 1. The number of fused-ring (bicyclic) bond motifs is 2. The van der Waals surface area contributed by atoms with Crippen LogP contribution in [-0.4, -0.2) is 38.6 Å². The largest absolute Gasteiger partial charge is 0.487 e. The summed E-state index contributed by atoms with van der Waals surface area (Å²) in [6.07, 6.45) is 1.73. The third-order valence-electron chi connectivity index (χ3n) is 5.57. The molecule has 0 spiro atoms. The maximum absolute atomic E-state index is 12.4. The number of aryl methyl sites for hydroxylation is 1. The Hall–Kier alpha value is -4.79. The lowest BCUT2D eigenvalue weighted by atomic mass is 10.1. The second-order valence-electron chi connectivity index (χ2n) is 8.12. The summed E-state index contributed by atoms with van der Waals surface area (Å²) in [5, 5.41) is 2.67. The third-order valence-corrected chi connectivity index (χ3v) is 5.57. The number of carbonyl (C=O) groups excluding carboxylic acids is 3. The molecule has 9 nitrogen and oxygen atoms in total. The number of imide groups is 1. The van der Waals surface area contributed by atoms with Crippen LogP contribution in [0, 0.1) is 6.92 Å². The van der Waals surface area contributed by atoms with Crippen LogP contribution in [-0.2, 0) is 11.4 Å². The fourth-order valence-electron chi connectivity index (χ4n) is 3.85. The van der Waals surface area contributed by atoms with Crippen molar-refractivity contribution in [2.75, 3.05) is 11.9 Å². The van der Waals surface area contributed by atoms with Gasteiger partial charge >= 0.3 is 0 Å². The Kier molecular flexibility index (Phi) is 5.58. The van der Waals surface area contributed by atoms with E-state index in [9.17, 15) is 19.2 Å². The topological polar surface area (TPSA) is 110 Å². The van der Waals surface area contributed by atoms with Crippen molar-refractivity contribution in [2.45, 2.75) is 13.5 Å². The summed E-state index contributed by atoms with van der Waals surface area (Å²) in [5.41, 5.74) is 2.89. The highest BCUT2D eigenvalue weighted by atomic mass is 16.5. The predicted octanol–water partition coefficient (Wildman–Crippen LogP) is 2.82. The fraction of sp³-hybridized carbons (Fsp3) is 0.115. The Morgan fingerprint density at radius 2 is 1.63 bits per heavy atom. The number of hydrogen-bond acceptors (Lipinski definition) is 6. The standard InChI is InChI=1S/C26H20N4O5/c1-16-6-11-22-27-18(12-24(32)29(22)13-16)15-35-19-9-7-17(8-10-19)28-23(31)14-30-25(33)20-4-2-3-5-21(20)26(30)34/h2-13H,14-15H2,1H3,(H,28,31). The molecule has 0 saturated carbocycles. The molecule has 9 heteroatoms. The minimum absolute atomic E-state index is 0.102. The van der Waals surface area contributed by atoms with Crippen LogP contribution in [0.25, 0.3) is 5.65 Å². The van der Waals surface area contributed by atoms with Crippen LogP contribution in [0.1, 0.15) is 32.0 Å². The van der Waals surface area contributed by atoms with Crippen molar-refractivity contribution >= 4 is 29.1 Å². The molecular formula is C26H20N4O5. The predicted molar refractivity (Wildman–Crippen MR) is 127 cm³/mol. The second kappa shape index (κ2) is 8.86. The molecular weight excluding hydrogens is 448 g/mol. The number of pyridine rings is 1. The first kappa shape index (κ1) is 22.0. The maximum atomic E-state index is 12.4. The lowest BCUT2D eigenvalue weighted by molar-refractivity contribution is -0.116. The number of anilines is 1. The molecule has 0 saturated heterocycles. The van der Waals surface area contributed by atoms with Gasteiger partial charge < -0.3 is 10.1 Å². The highest BCUT2D eigenvalue weighted by Gasteiger charge is 2.36. The van der Waals surface area contributed by atoms with Crippen LogP contribution >= 0.6 is 0 Å². The van der Waals surface area contributed by atoms with Crippen molar-refractivity contribution in [1.29, 1.82) is 0 Å². The molecule has 0 atom stereocenters. The molecule has 0 bridgehead atoms. The molecule has 0 aliphatic carbocycles. The first-order chi connectivity index (χ1) is 16.9. The minimum atomic E-state index is -0.496. The van der Waals surface area contributed by atoms with Crippen LogP contribution in [0.15, 0.2) is 77.7 Å². The van der Waals surface area contributed by atoms with E-state index in [2.05, 4.69) is 10.3 Å². The van der Waals surface area contributed by atoms with Gasteiger partial charge in [0.15, 0.2) is 0 Å². The zero-order valence-corrected chi connectivity index (χ0v) is 18.7. The van der Waals surface area contributed by atoms with E-state index in [1.165, 1.54) is 10.5 Å². The van der Waals surface area contributed by atoms with E-state index in [-0.39, 0.29) is 18.7 Å². The third kappa shape index (κ3) is 4.39. The summed E-state index contributed by atoms with van der Waals surface area (Å²) in [7, 11) is 0. The summed E-state index contributed by atoms with van der Waals surface area (Å²) in [6.45, 7) is 1.62. The summed E-state index contributed by atoms with van der Waals surface area (Å²) in [5.74, 6) is -0.943. The number of carbonyl (C=O) groups is 3. The van der Waals surface area contributed by atoms with E-state index in [4.69, 9.17) is 4.74 Å². The first-order valence-electron chi connectivity index (χ1n) is 10.9. The Balaban J connectivity index is 1.19. The van der Waals surface area contributed by atoms with Crippen LogP contribution < -0.4 is 15.6 Å². The summed E-state index contributed by atoms with van der Waals surface area (Å²) >= 11 is 0. The van der Waals surface area contributed by atoms with Crippen molar-refractivity contribution in [2.24, 2.45) is 0 Å². The molecule has 5 rings (SSSR count). The highest BCUT2D eigenvalue weighted by Crippen LogP contribution is 2.22. The number of nitrogens with zero attached hydrogens (tertiary/aromatic N) is 3. The molecule has 35 heavy (non-hydrogen) atoms. The quantitative estimate of drug-likeness (QED) is 0.436. The van der Waals surface area contributed by atoms with Crippen LogP contribution in [0.3, 0.4) is 0 Å². The van der Waals surface area contributed by atoms with Gasteiger partial charge in [0, 0.05) is 18.0 Å². The van der Waals surface area contributed by atoms with Crippen LogP contribution in [0.5, 0.6) is 5.75 Å². The van der Waals surface area contributed by atoms with E-state index in [0.29, 0.717) is 33.9 Å². The second-order valence-corrected chi connectivity index (χ2v) is 8.12. The fourth-order valence-corrected chi connectivity index (χ4v) is 3.85. The Bertz CT molecular complexity index is 1510. The van der Waals surface area contributed by atoms with Crippen LogP contribution in [0.4, 0.5) is 5.69 Å². The van der Waals surface area contributed by atoms with Crippen molar-refractivity contribution in [3.63, 3.8) is 0 Å². The van der Waals surface area contributed by atoms with E-state index >= 15 is 0 Å². The molecule has 0 unspecified atom stereocenters. The molecule has 4 aromatic rings. The zero-order chi connectivity index (χ0) is 24.5. The normalized spacial score (nSPS) is 12.7. The van der Waals surface area contributed by atoms with Crippen molar-refractivity contribution in [1.82, 2.24) is 14.3 Å². The molecule has 0 fully saturated rings. The highest BCUT2D eigenvalue weighted by molar-refractivity contribution is 6.22. The van der Waals surface area contributed by atoms with E-state index in [1.807, 2.05) is 13.0 Å². The van der Waals surface area contributed by atoms with Gasteiger partial charge in [-0.05, 0) is 55.0 Å². The summed E-state index contributed by atoms with van der Waals surface area (Å²) in [6, 6.07) is 18.2. The Morgan fingerprint density at radius 1 is 0.943 bits per heavy atom. The van der Waals surface area contributed by atoms with Gasteiger partial charge in [-0.3, -0.25) is 28.5 Å². The maximum Gasteiger partial charge on any atom is 0.262 e. The molecule has 0 radical (unpaired) electrons. The lowest BCUT2D eigenvalue weighted by Crippen LogP contribution is -2.37. The van der Waals surface area contributed by atoms with Gasteiger partial charge in [-0.25, -0.2) is 4.98 Å². The zero-order valence-electron chi connectivity index (χ0n) is 18.7. The van der Waals surface area contributed by atoms with Crippen molar-refractivity contribution in [3.05, 3.63) is 106 Å². The van der Waals surface area contributed by atoms with E-state index < -0.39 is 17.7 Å². The van der Waals surface area contributed by atoms with Gasteiger partial charge in [-0.1, -0.05) is 18.2 Å². The summed E-state index contributed by atoms with van der Waals surface area (Å²) in [4.78, 5) is 55.0. The van der Waals surface area contributed by atoms with Gasteiger partial charge in [0.2, 0.25) is 5.91 Å². The number of aromatic nitrogens is 2. The minimum Gasteiger partial charge on any atom is -0.487 e. The van der Waals surface area contributed by atoms with Crippen LogP contribution in [0.2, 0.25) is 0 Å². The molecule has 174 valence electrons. The monoisotopic (exact) mass is 468 g/mol. The molecule has 2 aromatic carbocycles. The molecule has 1 N–H and O–H groups in total. The van der Waals surface area contributed by atoms with Gasteiger partial charge in [-0.15, -0.1) is 0 Å². The molecule has 2 aromatic heterocycles. The number of benzene rings is 2.